The minimum absolute atomic E-state index is 0.378. The zero-order valence-corrected chi connectivity index (χ0v) is 13.7. The van der Waals surface area contributed by atoms with Gasteiger partial charge >= 0.3 is 0 Å². The van der Waals surface area contributed by atoms with Gasteiger partial charge in [-0.25, -0.2) is 23.1 Å². The van der Waals surface area contributed by atoms with Crippen molar-refractivity contribution in [1.29, 1.82) is 0 Å². The normalized spacial score (nSPS) is 19.5. The van der Waals surface area contributed by atoms with Crippen molar-refractivity contribution in [2.45, 2.75) is 25.0 Å². The molecule has 114 valence electrons. The molecule has 0 radical (unpaired) electrons. The molecule has 1 saturated heterocycles. The van der Waals surface area contributed by atoms with Crippen molar-refractivity contribution in [1.82, 2.24) is 14.7 Å². The average Bonchev–Trinajstić information content (AvgIpc) is 3.15. The van der Waals surface area contributed by atoms with Crippen molar-refractivity contribution in [3.8, 4) is 0 Å². The molecule has 6 nitrogen and oxygen atoms in total. The van der Waals surface area contributed by atoms with Crippen molar-refractivity contribution in [3.05, 3.63) is 17.3 Å². The van der Waals surface area contributed by atoms with E-state index in [1.54, 1.807) is 11.3 Å². The molecule has 1 atom stereocenters. The Morgan fingerprint density at radius 2 is 2.29 bits per heavy atom. The van der Waals surface area contributed by atoms with Crippen LogP contribution in [0.4, 0.5) is 5.82 Å². The van der Waals surface area contributed by atoms with Gasteiger partial charge in [-0.05, 0) is 24.9 Å². The fourth-order valence-corrected chi connectivity index (χ4v) is 4.53. The molecule has 0 bridgehead atoms. The second-order valence-corrected chi connectivity index (χ2v) is 8.12. The minimum Gasteiger partial charge on any atom is -0.355 e. The van der Waals surface area contributed by atoms with Crippen LogP contribution in [0.2, 0.25) is 0 Å². The van der Waals surface area contributed by atoms with Gasteiger partial charge in [-0.15, -0.1) is 11.3 Å². The Hall–Kier alpha value is -1.25. The number of hydrogen-bond acceptors (Lipinski definition) is 6. The van der Waals surface area contributed by atoms with Crippen molar-refractivity contribution < 1.29 is 8.42 Å². The smallest absolute Gasteiger partial charge is 0.216 e. The van der Waals surface area contributed by atoms with Gasteiger partial charge in [-0.1, -0.05) is 6.92 Å². The van der Waals surface area contributed by atoms with Gasteiger partial charge in [0.15, 0.2) is 0 Å². The Morgan fingerprint density at radius 1 is 1.48 bits per heavy atom. The maximum Gasteiger partial charge on any atom is 0.216 e. The number of hydrogen-bond donors (Lipinski definition) is 1. The summed E-state index contributed by atoms with van der Waals surface area (Å²) in [6.45, 7) is 3.21. The first-order valence-electron chi connectivity index (χ1n) is 6.96. The zero-order valence-electron chi connectivity index (χ0n) is 12.0. The van der Waals surface area contributed by atoms with Gasteiger partial charge in [0, 0.05) is 19.5 Å². The van der Waals surface area contributed by atoms with Crippen LogP contribution in [0.3, 0.4) is 0 Å². The predicted molar refractivity (Wildman–Crippen MR) is 85.4 cm³/mol. The lowest BCUT2D eigenvalue weighted by atomic mass is 10.3. The number of sulfonamides is 1. The molecule has 1 fully saturated rings. The molecular formula is C13H18N4O2S2. The van der Waals surface area contributed by atoms with Crippen LogP contribution >= 0.6 is 11.3 Å². The van der Waals surface area contributed by atoms with Crippen LogP contribution in [0.5, 0.6) is 0 Å². The van der Waals surface area contributed by atoms with E-state index < -0.39 is 10.0 Å². The highest BCUT2D eigenvalue weighted by Crippen LogP contribution is 2.31. The highest BCUT2D eigenvalue weighted by molar-refractivity contribution is 7.90. The highest BCUT2D eigenvalue weighted by Gasteiger charge is 2.33. The van der Waals surface area contributed by atoms with Gasteiger partial charge in [0.25, 0.3) is 0 Å². The molecule has 8 heteroatoms. The zero-order chi connectivity index (χ0) is 15.0. The van der Waals surface area contributed by atoms with Gasteiger partial charge in [0.1, 0.15) is 16.5 Å². The van der Waals surface area contributed by atoms with E-state index in [2.05, 4.69) is 19.6 Å². The first-order valence-corrected chi connectivity index (χ1v) is 9.39. The summed E-state index contributed by atoms with van der Waals surface area (Å²) in [5, 5.41) is 2.64. The molecular weight excluding hydrogens is 308 g/mol. The molecule has 0 spiro atoms. The lowest BCUT2D eigenvalue weighted by Crippen LogP contribution is -2.34. The van der Waals surface area contributed by atoms with Crippen LogP contribution in [-0.2, 0) is 16.4 Å². The van der Waals surface area contributed by atoms with E-state index in [-0.39, 0.29) is 5.25 Å². The summed E-state index contributed by atoms with van der Waals surface area (Å²) in [4.78, 5) is 12.2. The maximum atomic E-state index is 11.9. The molecule has 0 aromatic carbocycles. The van der Waals surface area contributed by atoms with Gasteiger partial charge in [-0.2, -0.15) is 0 Å². The van der Waals surface area contributed by atoms with E-state index >= 15 is 0 Å². The van der Waals surface area contributed by atoms with E-state index in [0.717, 1.165) is 28.3 Å². The number of aryl methyl sites for hydroxylation is 1. The summed E-state index contributed by atoms with van der Waals surface area (Å²) in [5.74, 6) is 1.67. The Kier molecular flexibility index (Phi) is 3.85. The monoisotopic (exact) mass is 326 g/mol. The molecule has 2 aromatic heterocycles. The van der Waals surface area contributed by atoms with Crippen molar-refractivity contribution in [2.24, 2.45) is 0 Å². The van der Waals surface area contributed by atoms with Gasteiger partial charge in [0.05, 0.1) is 10.6 Å². The van der Waals surface area contributed by atoms with E-state index in [1.165, 1.54) is 7.05 Å². The van der Waals surface area contributed by atoms with Gasteiger partial charge in [0.2, 0.25) is 10.0 Å². The van der Waals surface area contributed by atoms with Crippen LogP contribution in [-0.4, -0.2) is 43.8 Å². The molecule has 1 N–H and O–H groups in total. The molecule has 0 amide bonds. The molecule has 2 aromatic rings. The first kappa shape index (κ1) is 14.7. The first-order chi connectivity index (χ1) is 10.0. The Balaban J connectivity index is 1.96. The summed E-state index contributed by atoms with van der Waals surface area (Å²) >= 11 is 1.59. The number of nitrogens with zero attached hydrogens (tertiary/aromatic N) is 3. The summed E-state index contributed by atoms with van der Waals surface area (Å²) in [5.41, 5.74) is 0. The van der Waals surface area contributed by atoms with Crippen molar-refractivity contribution >= 4 is 37.4 Å². The minimum atomic E-state index is -3.23. The van der Waals surface area contributed by atoms with E-state index in [9.17, 15) is 8.42 Å². The third-order valence-corrected chi connectivity index (χ3v) is 6.47. The SMILES string of the molecule is CCc1nc(N2CC[C@@H](S(=O)(=O)NC)C2)c2ccsc2n1. The van der Waals surface area contributed by atoms with Crippen LogP contribution < -0.4 is 9.62 Å². The average molecular weight is 326 g/mol. The summed E-state index contributed by atoms with van der Waals surface area (Å²) in [6, 6.07) is 2.01. The standard InChI is InChI=1S/C13H18N4O2S2/c1-3-11-15-12(10-5-7-20-13(10)16-11)17-6-4-9(8-17)21(18,19)14-2/h5,7,9,14H,3-4,6,8H2,1-2H3/t9-/m1/s1. The summed E-state index contributed by atoms with van der Waals surface area (Å²) < 4.78 is 26.3. The van der Waals surface area contributed by atoms with Crippen LogP contribution in [0, 0.1) is 0 Å². The topological polar surface area (TPSA) is 75.2 Å². The Labute approximate surface area is 128 Å². The quantitative estimate of drug-likeness (QED) is 0.919. The Bertz CT molecular complexity index is 757. The molecule has 21 heavy (non-hydrogen) atoms. The van der Waals surface area contributed by atoms with E-state index in [4.69, 9.17) is 0 Å². The van der Waals surface area contributed by atoms with E-state index in [1.807, 2.05) is 18.4 Å². The van der Waals surface area contributed by atoms with Crippen molar-refractivity contribution in [3.63, 3.8) is 0 Å². The lowest BCUT2D eigenvalue weighted by Gasteiger charge is -2.19. The van der Waals surface area contributed by atoms with Gasteiger partial charge in [-0.3, -0.25) is 0 Å². The maximum absolute atomic E-state index is 11.9. The number of anilines is 1. The molecule has 0 saturated carbocycles. The van der Waals surface area contributed by atoms with E-state index in [0.29, 0.717) is 19.5 Å². The number of thiophene rings is 1. The number of nitrogens with one attached hydrogen (secondary N) is 1. The Morgan fingerprint density at radius 3 is 3.00 bits per heavy atom. The predicted octanol–water partition coefficient (Wildman–Crippen LogP) is 1.38. The third-order valence-electron chi connectivity index (χ3n) is 3.84. The lowest BCUT2D eigenvalue weighted by molar-refractivity contribution is 0.575. The molecule has 1 aliphatic heterocycles. The molecule has 3 heterocycles. The number of aromatic nitrogens is 2. The highest BCUT2D eigenvalue weighted by atomic mass is 32.2. The van der Waals surface area contributed by atoms with Crippen LogP contribution in [0.1, 0.15) is 19.2 Å². The van der Waals surface area contributed by atoms with Gasteiger partial charge < -0.3 is 4.90 Å². The summed E-state index contributed by atoms with van der Waals surface area (Å²) in [6.07, 6.45) is 1.40. The second kappa shape index (κ2) is 5.51. The van der Waals surface area contributed by atoms with Crippen LogP contribution in [0.25, 0.3) is 10.2 Å². The summed E-state index contributed by atoms with van der Waals surface area (Å²) in [7, 11) is -1.76. The van der Waals surface area contributed by atoms with Crippen LogP contribution in [0.15, 0.2) is 11.4 Å². The fraction of sp³-hybridized carbons (Fsp3) is 0.538. The second-order valence-electron chi connectivity index (χ2n) is 5.06. The largest absolute Gasteiger partial charge is 0.355 e. The number of rotatable bonds is 4. The number of fused-ring (bicyclic) bond motifs is 1. The van der Waals surface area contributed by atoms with Crippen molar-refractivity contribution in [2.75, 3.05) is 25.0 Å². The molecule has 3 rings (SSSR count). The molecule has 1 aliphatic rings. The fourth-order valence-electron chi connectivity index (χ4n) is 2.62. The molecule has 0 aliphatic carbocycles. The third kappa shape index (κ3) is 2.63. The molecule has 0 unspecified atom stereocenters.